The second-order valence-electron chi connectivity index (χ2n) is 6.79. The molecule has 21 heavy (non-hydrogen) atoms. The lowest BCUT2D eigenvalue weighted by Crippen LogP contribution is -2.42. The minimum absolute atomic E-state index is 0.0533. The van der Waals surface area contributed by atoms with Gasteiger partial charge in [-0.25, -0.2) is 0 Å². The Labute approximate surface area is 126 Å². The minimum atomic E-state index is -0.0533. The fourth-order valence-electron chi connectivity index (χ4n) is 3.86. The summed E-state index contributed by atoms with van der Waals surface area (Å²) in [5, 5.41) is 12.7. The fraction of sp³-hybridized carbons (Fsp3) is 0.611. The zero-order valence-corrected chi connectivity index (χ0v) is 12.6. The van der Waals surface area contributed by atoms with Gasteiger partial charge in [-0.15, -0.1) is 0 Å². The van der Waals surface area contributed by atoms with Crippen LogP contribution >= 0.6 is 0 Å². The van der Waals surface area contributed by atoms with Gasteiger partial charge in [0.2, 0.25) is 5.91 Å². The highest BCUT2D eigenvalue weighted by molar-refractivity contribution is 5.79. The van der Waals surface area contributed by atoms with Crippen molar-refractivity contribution < 1.29 is 9.90 Å². The second-order valence-corrected chi connectivity index (χ2v) is 6.79. The van der Waals surface area contributed by atoms with Gasteiger partial charge in [-0.05, 0) is 43.2 Å². The standard InChI is InChI=1S/C18H25NO2/c20-13-18(9-3-4-10-18)12-19-17(21)16-8-7-14-5-1-2-6-15(14)11-16/h1-2,5-6,16,20H,3-4,7-13H2,(H,19,21). The monoisotopic (exact) mass is 287 g/mol. The van der Waals surface area contributed by atoms with Crippen molar-refractivity contribution >= 4 is 5.91 Å². The summed E-state index contributed by atoms with van der Waals surface area (Å²) in [5.74, 6) is 0.265. The van der Waals surface area contributed by atoms with Gasteiger partial charge in [0.25, 0.3) is 0 Å². The molecule has 1 fully saturated rings. The van der Waals surface area contributed by atoms with Crippen LogP contribution in [0.4, 0.5) is 0 Å². The molecule has 1 amide bonds. The van der Waals surface area contributed by atoms with E-state index in [9.17, 15) is 9.90 Å². The molecular formula is C18H25NO2. The maximum absolute atomic E-state index is 12.4. The third kappa shape index (κ3) is 3.13. The molecule has 1 unspecified atom stereocenters. The van der Waals surface area contributed by atoms with Crippen molar-refractivity contribution in [3.05, 3.63) is 35.4 Å². The molecule has 0 heterocycles. The van der Waals surface area contributed by atoms with E-state index in [1.54, 1.807) is 0 Å². The predicted molar refractivity (Wildman–Crippen MR) is 83.0 cm³/mol. The van der Waals surface area contributed by atoms with Crippen LogP contribution in [0, 0.1) is 11.3 Å². The molecule has 0 aromatic heterocycles. The molecule has 0 spiro atoms. The largest absolute Gasteiger partial charge is 0.396 e. The second kappa shape index (κ2) is 6.18. The number of hydrogen-bond acceptors (Lipinski definition) is 2. The Hall–Kier alpha value is -1.35. The van der Waals surface area contributed by atoms with Crippen LogP contribution in [0.5, 0.6) is 0 Å². The van der Waals surface area contributed by atoms with Crippen LogP contribution in [-0.4, -0.2) is 24.2 Å². The lowest BCUT2D eigenvalue weighted by molar-refractivity contribution is -0.126. The summed E-state index contributed by atoms with van der Waals surface area (Å²) in [6.45, 7) is 0.835. The van der Waals surface area contributed by atoms with Crippen molar-refractivity contribution in [1.29, 1.82) is 0 Å². The molecule has 114 valence electrons. The summed E-state index contributed by atoms with van der Waals surface area (Å²) in [7, 11) is 0. The Balaban J connectivity index is 1.57. The maximum Gasteiger partial charge on any atom is 0.223 e. The topological polar surface area (TPSA) is 49.3 Å². The van der Waals surface area contributed by atoms with E-state index in [-0.39, 0.29) is 23.8 Å². The van der Waals surface area contributed by atoms with E-state index in [0.717, 1.165) is 32.1 Å². The molecule has 2 aliphatic rings. The van der Waals surface area contributed by atoms with Crippen LogP contribution in [-0.2, 0) is 17.6 Å². The Kier molecular flexibility index (Phi) is 4.29. The molecule has 3 heteroatoms. The van der Waals surface area contributed by atoms with Crippen LogP contribution in [0.2, 0.25) is 0 Å². The highest BCUT2D eigenvalue weighted by Crippen LogP contribution is 2.37. The van der Waals surface area contributed by atoms with Gasteiger partial charge >= 0.3 is 0 Å². The normalized spacial score (nSPS) is 23.6. The Morgan fingerprint density at radius 2 is 1.95 bits per heavy atom. The third-order valence-electron chi connectivity index (χ3n) is 5.35. The first-order valence-electron chi connectivity index (χ1n) is 8.18. The summed E-state index contributed by atoms with van der Waals surface area (Å²) < 4.78 is 0. The molecule has 3 nitrogen and oxygen atoms in total. The first-order valence-corrected chi connectivity index (χ1v) is 8.18. The number of carbonyl (C=O) groups is 1. The SMILES string of the molecule is O=C(NCC1(CO)CCCC1)C1CCc2ccccc2C1. The molecule has 1 saturated carbocycles. The number of rotatable bonds is 4. The van der Waals surface area contributed by atoms with E-state index in [1.165, 1.54) is 24.0 Å². The summed E-state index contributed by atoms with van der Waals surface area (Å²) in [4.78, 5) is 12.4. The van der Waals surface area contributed by atoms with E-state index < -0.39 is 0 Å². The first kappa shape index (κ1) is 14.6. The molecule has 0 bridgehead atoms. The first-order chi connectivity index (χ1) is 10.2. The Morgan fingerprint density at radius 1 is 1.24 bits per heavy atom. The zero-order valence-electron chi connectivity index (χ0n) is 12.6. The highest BCUT2D eigenvalue weighted by atomic mass is 16.3. The number of aliphatic hydroxyl groups excluding tert-OH is 1. The van der Waals surface area contributed by atoms with Crippen LogP contribution < -0.4 is 5.32 Å². The van der Waals surface area contributed by atoms with E-state index in [2.05, 4.69) is 29.6 Å². The lowest BCUT2D eigenvalue weighted by atomic mass is 9.82. The highest BCUT2D eigenvalue weighted by Gasteiger charge is 2.34. The molecule has 0 aliphatic heterocycles. The van der Waals surface area contributed by atoms with Gasteiger partial charge in [0, 0.05) is 17.9 Å². The Bertz CT molecular complexity index is 506. The van der Waals surface area contributed by atoms with E-state index in [4.69, 9.17) is 0 Å². The summed E-state index contributed by atoms with van der Waals surface area (Å²) >= 11 is 0. The number of benzene rings is 1. The number of hydrogen-bond donors (Lipinski definition) is 2. The average molecular weight is 287 g/mol. The van der Waals surface area contributed by atoms with Crippen molar-refractivity contribution in [3.63, 3.8) is 0 Å². The van der Waals surface area contributed by atoms with Crippen molar-refractivity contribution in [2.24, 2.45) is 11.3 Å². The van der Waals surface area contributed by atoms with Crippen molar-refractivity contribution in [2.75, 3.05) is 13.2 Å². The third-order valence-corrected chi connectivity index (χ3v) is 5.35. The number of fused-ring (bicyclic) bond motifs is 1. The predicted octanol–water partition coefficient (Wildman–Crippen LogP) is 2.46. The molecule has 1 aromatic carbocycles. The zero-order chi connectivity index (χ0) is 14.7. The average Bonchev–Trinajstić information content (AvgIpc) is 3.01. The van der Waals surface area contributed by atoms with Gasteiger partial charge in [0.1, 0.15) is 0 Å². The maximum atomic E-state index is 12.4. The molecular weight excluding hydrogens is 262 g/mol. The number of nitrogens with one attached hydrogen (secondary N) is 1. The van der Waals surface area contributed by atoms with E-state index >= 15 is 0 Å². The minimum Gasteiger partial charge on any atom is -0.396 e. The van der Waals surface area contributed by atoms with Gasteiger partial charge < -0.3 is 10.4 Å². The molecule has 1 atom stereocenters. The number of aliphatic hydroxyl groups is 1. The number of carbonyl (C=O) groups excluding carboxylic acids is 1. The summed E-state index contributed by atoms with van der Waals surface area (Å²) in [5.41, 5.74) is 2.66. The molecule has 2 N–H and O–H groups in total. The molecule has 2 aliphatic carbocycles. The smallest absolute Gasteiger partial charge is 0.223 e. The van der Waals surface area contributed by atoms with E-state index in [0.29, 0.717) is 6.54 Å². The molecule has 1 aromatic rings. The number of amides is 1. The van der Waals surface area contributed by atoms with Crippen LogP contribution in [0.3, 0.4) is 0 Å². The number of aryl methyl sites for hydroxylation is 1. The van der Waals surface area contributed by atoms with E-state index in [1.807, 2.05) is 0 Å². The van der Waals surface area contributed by atoms with Crippen molar-refractivity contribution in [2.45, 2.75) is 44.9 Å². The van der Waals surface area contributed by atoms with Gasteiger partial charge in [0.05, 0.1) is 6.61 Å². The fourth-order valence-corrected chi connectivity index (χ4v) is 3.86. The Morgan fingerprint density at radius 3 is 2.67 bits per heavy atom. The van der Waals surface area contributed by atoms with Crippen LogP contribution in [0.1, 0.15) is 43.2 Å². The van der Waals surface area contributed by atoms with Gasteiger partial charge in [-0.2, -0.15) is 0 Å². The lowest BCUT2D eigenvalue weighted by Gasteiger charge is -2.29. The molecule has 3 rings (SSSR count). The van der Waals surface area contributed by atoms with Crippen LogP contribution in [0.25, 0.3) is 0 Å². The summed E-state index contributed by atoms with van der Waals surface area (Å²) in [6.07, 6.45) is 7.22. The summed E-state index contributed by atoms with van der Waals surface area (Å²) in [6, 6.07) is 8.44. The quantitative estimate of drug-likeness (QED) is 0.893. The van der Waals surface area contributed by atoms with Gasteiger partial charge in [-0.3, -0.25) is 4.79 Å². The van der Waals surface area contributed by atoms with Crippen molar-refractivity contribution in [3.8, 4) is 0 Å². The van der Waals surface area contributed by atoms with Crippen LogP contribution in [0.15, 0.2) is 24.3 Å². The van der Waals surface area contributed by atoms with Gasteiger partial charge in [0.15, 0.2) is 0 Å². The molecule has 0 radical (unpaired) electrons. The van der Waals surface area contributed by atoms with Crippen molar-refractivity contribution in [1.82, 2.24) is 5.32 Å². The van der Waals surface area contributed by atoms with Gasteiger partial charge in [-0.1, -0.05) is 37.1 Å². The molecule has 0 saturated heterocycles.